The van der Waals surface area contributed by atoms with Gasteiger partial charge in [-0.2, -0.15) is 4.98 Å². The van der Waals surface area contributed by atoms with Crippen molar-refractivity contribution in [3.8, 4) is 22.6 Å². The Labute approximate surface area is 270 Å². The number of rotatable bonds is 9. The molecule has 1 saturated heterocycles. The zero-order valence-corrected chi connectivity index (χ0v) is 26.6. The molecule has 0 aliphatic carbocycles. The van der Waals surface area contributed by atoms with E-state index in [9.17, 15) is 4.79 Å². The lowest BCUT2D eigenvalue weighted by Crippen LogP contribution is -2.46. The van der Waals surface area contributed by atoms with Gasteiger partial charge in [-0.1, -0.05) is 36.7 Å². The largest absolute Gasteiger partial charge is 0.495 e. The first-order valence-electron chi connectivity index (χ1n) is 14.4. The third-order valence-corrected chi connectivity index (χ3v) is 8.68. The standard InChI is InChI=1S/C32H32Cl2N8O3/c1-5-26(43)37-22-8-7-20(41-13-11-40(6-2)12-14-41)16-23(22)38-32-36-18-19-15-21(31-35-9-10-42(31)30(19)39-32)27-28(33)24(44-3)17-25(45-4)29(27)34/h5,7-10,15-18H,1,6,11-14H2,2-4H3,(H,37,43)(H,36,38,39). The van der Waals surface area contributed by atoms with Gasteiger partial charge < -0.3 is 29.9 Å². The van der Waals surface area contributed by atoms with Crippen molar-refractivity contribution in [3.63, 3.8) is 0 Å². The molecule has 1 aliphatic heterocycles. The third-order valence-electron chi connectivity index (χ3n) is 7.93. The van der Waals surface area contributed by atoms with E-state index in [1.165, 1.54) is 20.3 Å². The molecule has 232 valence electrons. The number of fused-ring (bicyclic) bond motifs is 3. The zero-order valence-electron chi connectivity index (χ0n) is 25.1. The summed E-state index contributed by atoms with van der Waals surface area (Å²) in [7, 11) is 3.06. The molecule has 13 heteroatoms. The number of anilines is 4. The summed E-state index contributed by atoms with van der Waals surface area (Å²) in [5.74, 6) is 0.858. The van der Waals surface area contributed by atoms with Crippen molar-refractivity contribution in [2.24, 2.45) is 0 Å². The fraction of sp³-hybridized carbons (Fsp3) is 0.250. The van der Waals surface area contributed by atoms with Crippen LogP contribution in [-0.4, -0.2) is 77.1 Å². The lowest BCUT2D eigenvalue weighted by Gasteiger charge is -2.35. The number of imidazole rings is 1. The summed E-state index contributed by atoms with van der Waals surface area (Å²) in [6, 6.07) is 9.42. The van der Waals surface area contributed by atoms with Gasteiger partial charge in [0.1, 0.15) is 17.1 Å². The number of benzene rings is 2. The van der Waals surface area contributed by atoms with Crippen LogP contribution >= 0.6 is 23.2 Å². The quantitative estimate of drug-likeness (QED) is 0.179. The van der Waals surface area contributed by atoms with E-state index >= 15 is 0 Å². The van der Waals surface area contributed by atoms with E-state index in [-0.39, 0.29) is 5.91 Å². The van der Waals surface area contributed by atoms with E-state index in [1.807, 2.05) is 34.9 Å². The number of methoxy groups -OCH3 is 2. The van der Waals surface area contributed by atoms with Crippen LogP contribution in [0.5, 0.6) is 11.5 Å². The number of amides is 1. The number of ether oxygens (including phenoxy) is 2. The van der Waals surface area contributed by atoms with Gasteiger partial charge in [-0.3, -0.25) is 9.20 Å². The predicted molar refractivity (Wildman–Crippen MR) is 180 cm³/mol. The second-order valence-corrected chi connectivity index (χ2v) is 11.2. The molecule has 0 radical (unpaired) electrons. The number of nitrogens with zero attached hydrogens (tertiary/aromatic N) is 6. The minimum absolute atomic E-state index is 0.319. The van der Waals surface area contributed by atoms with Crippen molar-refractivity contribution in [3.05, 3.63) is 71.6 Å². The van der Waals surface area contributed by atoms with Gasteiger partial charge in [0.25, 0.3) is 0 Å². The number of halogens is 2. The number of aromatic nitrogens is 4. The van der Waals surface area contributed by atoms with Gasteiger partial charge in [0.05, 0.1) is 35.6 Å². The molecule has 45 heavy (non-hydrogen) atoms. The molecule has 3 aromatic heterocycles. The highest BCUT2D eigenvalue weighted by Gasteiger charge is 2.23. The van der Waals surface area contributed by atoms with Crippen LogP contribution in [0.4, 0.5) is 23.0 Å². The Morgan fingerprint density at radius 3 is 2.40 bits per heavy atom. The van der Waals surface area contributed by atoms with Crippen molar-refractivity contribution in [1.82, 2.24) is 24.3 Å². The van der Waals surface area contributed by atoms with Gasteiger partial charge in [0.2, 0.25) is 11.9 Å². The third kappa shape index (κ3) is 5.82. The van der Waals surface area contributed by atoms with E-state index in [4.69, 9.17) is 37.7 Å². The minimum Gasteiger partial charge on any atom is -0.495 e. The monoisotopic (exact) mass is 646 g/mol. The van der Waals surface area contributed by atoms with Crippen molar-refractivity contribution >= 4 is 68.8 Å². The summed E-state index contributed by atoms with van der Waals surface area (Å²) in [6.07, 6.45) is 6.43. The van der Waals surface area contributed by atoms with Gasteiger partial charge in [-0.15, -0.1) is 0 Å². The average Bonchev–Trinajstić information content (AvgIpc) is 3.57. The van der Waals surface area contributed by atoms with Gasteiger partial charge in [0, 0.05) is 73.0 Å². The molecule has 11 nitrogen and oxygen atoms in total. The number of carbonyl (C=O) groups is 1. The normalized spacial score (nSPS) is 13.7. The van der Waals surface area contributed by atoms with Crippen molar-refractivity contribution in [2.75, 3.05) is 62.5 Å². The fourth-order valence-electron chi connectivity index (χ4n) is 5.50. The summed E-state index contributed by atoms with van der Waals surface area (Å²) < 4.78 is 12.8. The van der Waals surface area contributed by atoms with Crippen LogP contribution in [0.25, 0.3) is 27.8 Å². The number of pyridine rings is 1. The summed E-state index contributed by atoms with van der Waals surface area (Å²) >= 11 is 13.5. The Morgan fingerprint density at radius 1 is 1.00 bits per heavy atom. The Kier molecular flexibility index (Phi) is 8.66. The number of nitrogens with one attached hydrogen (secondary N) is 2. The lowest BCUT2D eigenvalue weighted by atomic mass is 10.0. The van der Waals surface area contributed by atoms with Crippen LogP contribution in [0, 0.1) is 0 Å². The Bertz CT molecular complexity index is 1890. The number of hydrogen-bond acceptors (Lipinski definition) is 9. The second kappa shape index (κ2) is 12.8. The number of carbonyl (C=O) groups excluding carboxylic acids is 1. The van der Waals surface area contributed by atoms with Crippen LogP contribution in [-0.2, 0) is 4.79 Å². The molecule has 6 rings (SSSR count). The van der Waals surface area contributed by atoms with Crippen LogP contribution in [0.1, 0.15) is 6.92 Å². The maximum Gasteiger partial charge on any atom is 0.247 e. The van der Waals surface area contributed by atoms with Crippen molar-refractivity contribution in [2.45, 2.75) is 6.92 Å². The maximum absolute atomic E-state index is 12.3. The summed E-state index contributed by atoms with van der Waals surface area (Å²) in [4.78, 5) is 31.1. The lowest BCUT2D eigenvalue weighted by molar-refractivity contribution is -0.111. The van der Waals surface area contributed by atoms with E-state index in [0.717, 1.165) is 43.8 Å². The summed E-state index contributed by atoms with van der Waals surface area (Å²) in [5, 5.41) is 7.59. The van der Waals surface area contributed by atoms with E-state index in [2.05, 4.69) is 43.9 Å². The predicted octanol–water partition coefficient (Wildman–Crippen LogP) is 6.28. The van der Waals surface area contributed by atoms with E-state index in [0.29, 0.717) is 61.3 Å². The molecule has 2 aromatic carbocycles. The topological polar surface area (TPSA) is 109 Å². The molecular weight excluding hydrogens is 615 g/mol. The van der Waals surface area contributed by atoms with Crippen LogP contribution < -0.4 is 25.0 Å². The number of likely N-dealkylation sites (N-methyl/N-ethyl adjacent to an activating group) is 1. The minimum atomic E-state index is -0.319. The van der Waals surface area contributed by atoms with Crippen LogP contribution in [0.2, 0.25) is 10.0 Å². The molecule has 5 aromatic rings. The molecule has 1 aliphatic rings. The zero-order chi connectivity index (χ0) is 31.7. The molecule has 1 fully saturated rings. The molecule has 0 saturated carbocycles. The molecule has 0 unspecified atom stereocenters. The van der Waals surface area contributed by atoms with Crippen molar-refractivity contribution in [1.29, 1.82) is 0 Å². The SMILES string of the molecule is C=CC(=O)Nc1ccc(N2CCN(CC)CC2)cc1Nc1ncc2cc(-c3c(Cl)c(OC)cc(OC)c3Cl)c3nccn3c2n1. The molecule has 0 spiro atoms. The average molecular weight is 648 g/mol. The van der Waals surface area contributed by atoms with E-state index < -0.39 is 0 Å². The highest BCUT2D eigenvalue weighted by Crippen LogP contribution is 2.47. The van der Waals surface area contributed by atoms with Gasteiger partial charge in [-0.25, -0.2) is 9.97 Å². The van der Waals surface area contributed by atoms with Crippen LogP contribution in [0.15, 0.2) is 61.6 Å². The molecule has 0 bridgehead atoms. The summed E-state index contributed by atoms with van der Waals surface area (Å²) in [6.45, 7) is 10.6. The number of piperazine rings is 1. The Hall–Kier alpha value is -4.58. The Morgan fingerprint density at radius 2 is 1.73 bits per heavy atom. The van der Waals surface area contributed by atoms with Gasteiger partial charge in [-0.05, 0) is 36.9 Å². The van der Waals surface area contributed by atoms with Gasteiger partial charge >= 0.3 is 0 Å². The first kappa shape index (κ1) is 30.4. The smallest absolute Gasteiger partial charge is 0.247 e. The molecule has 1 amide bonds. The van der Waals surface area contributed by atoms with Gasteiger partial charge in [0.15, 0.2) is 5.65 Å². The molecular formula is C32H32Cl2N8O3. The fourth-order valence-corrected chi connectivity index (χ4v) is 6.21. The second-order valence-electron chi connectivity index (χ2n) is 10.4. The van der Waals surface area contributed by atoms with E-state index in [1.54, 1.807) is 18.5 Å². The first-order chi connectivity index (χ1) is 21.8. The highest BCUT2D eigenvalue weighted by atomic mass is 35.5. The van der Waals surface area contributed by atoms with Crippen LogP contribution in [0.3, 0.4) is 0 Å². The molecule has 4 heterocycles. The maximum atomic E-state index is 12.3. The summed E-state index contributed by atoms with van der Waals surface area (Å²) in [5.41, 5.74) is 4.64. The highest BCUT2D eigenvalue weighted by molar-refractivity contribution is 6.41. The van der Waals surface area contributed by atoms with Crippen molar-refractivity contribution < 1.29 is 14.3 Å². The molecule has 0 atom stereocenters. The Balaban J connectivity index is 1.41. The first-order valence-corrected chi connectivity index (χ1v) is 15.2. The number of hydrogen-bond donors (Lipinski definition) is 2. The molecule has 2 N–H and O–H groups in total.